The van der Waals surface area contributed by atoms with Crippen molar-refractivity contribution in [1.82, 2.24) is 0 Å². The SMILES string of the molecule is O=C1CNc2cc(N3CCN(c4ccccc4)CC3)ccc2N1. The van der Waals surface area contributed by atoms with Crippen molar-refractivity contribution in [3.8, 4) is 0 Å². The molecule has 0 aliphatic carbocycles. The summed E-state index contributed by atoms with van der Waals surface area (Å²) >= 11 is 0. The number of rotatable bonds is 2. The van der Waals surface area contributed by atoms with Crippen molar-refractivity contribution in [3.05, 3.63) is 48.5 Å². The molecule has 0 unspecified atom stereocenters. The van der Waals surface area contributed by atoms with E-state index in [2.05, 4.69) is 62.9 Å². The smallest absolute Gasteiger partial charge is 0.243 e. The summed E-state index contributed by atoms with van der Waals surface area (Å²) in [5.41, 5.74) is 4.38. The molecule has 0 atom stereocenters. The lowest BCUT2D eigenvalue weighted by Crippen LogP contribution is -2.46. The molecular formula is C18H20N4O. The fraction of sp³-hybridized carbons (Fsp3) is 0.278. The van der Waals surface area contributed by atoms with E-state index >= 15 is 0 Å². The summed E-state index contributed by atoms with van der Waals surface area (Å²) in [6.45, 7) is 4.38. The highest BCUT2D eigenvalue weighted by Crippen LogP contribution is 2.30. The van der Waals surface area contributed by atoms with E-state index in [0.717, 1.165) is 37.6 Å². The lowest BCUT2D eigenvalue weighted by atomic mass is 10.1. The van der Waals surface area contributed by atoms with Crippen LogP contribution >= 0.6 is 0 Å². The Balaban J connectivity index is 1.45. The predicted octanol–water partition coefficient (Wildman–Crippen LogP) is 2.38. The molecule has 2 heterocycles. The molecule has 2 aliphatic rings. The summed E-state index contributed by atoms with van der Waals surface area (Å²) in [5.74, 6) is 0.0155. The van der Waals surface area contributed by atoms with Crippen LogP contribution in [-0.2, 0) is 4.79 Å². The standard InChI is InChI=1S/C18H20N4O/c23-18-13-19-17-12-15(6-7-16(17)20-18)22-10-8-21(9-11-22)14-4-2-1-3-5-14/h1-7,12,19H,8-11,13H2,(H,20,23). The van der Waals surface area contributed by atoms with E-state index < -0.39 is 0 Å². The quantitative estimate of drug-likeness (QED) is 0.894. The molecule has 0 saturated carbocycles. The molecule has 0 aromatic heterocycles. The first-order valence-corrected chi connectivity index (χ1v) is 8.02. The van der Waals surface area contributed by atoms with Gasteiger partial charge in [0, 0.05) is 37.6 Å². The van der Waals surface area contributed by atoms with Crippen LogP contribution in [0.2, 0.25) is 0 Å². The lowest BCUT2D eigenvalue weighted by Gasteiger charge is -2.37. The summed E-state index contributed by atoms with van der Waals surface area (Å²) in [7, 11) is 0. The number of piperazine rings is 1. The first-order valence-electron chi connectivity index (χ1n) is 8.02. The van der Waals surface area contributed by atoms with Crippen molar-refractivity contribution >= 4 is 28.7 Å². The van der Waals surface area contributed by atoms with Gasteiger partial charge in [0.2, 0.25) is 5.91 Å². The molecule has 1 saturated heterocycles. The Morgan fingerprint density at radius 2 is 1.48 bits per heavy atom. The number of carbonyl (C=O) groups excluding carboxylic acids is 1. The van der Waals surface area contributed by atoms with E-state index in [4.69, 9.17) is 0 Å². The first kappa shape index (κ1) is 13.9. The number of nitrogens with one attached hydrogen (secondary N) is 2. The van der Waals surface area contributed by atoms with Crippen LogP contribution < -0.4 is 20.4 Å². The summed E-state index contributed by atoms with van der Waals surface area (Å²) in [6, 6.07) is 16.8. The molecule has 2 aliphatic heterocycles. The number of para-hydroxylation sites is 1. The van der Waals surface area contributed by atoms with Crippen LogP contribution in [0.3, 0.4) is 0 Å². The van der Waals surface area contributed by atoms with Gasteiger partial charge >= 0.3 is 0 Å². The summed E-state index contributed by atoms with van der Waals surface area (Å²) < 4.78 is 0. The summed E-state index contributed by atoms with van der Waals surface area (Å²) in [4.78, 5) is 16.2. The van der Waals surface area contributed by atoms with Gasteiger partial charge in [0.05, 0.1) is 17.9 Å². The largest absolute Gasteiger partial charge is 0.374 e. The van der Waals surface area contributed by atoms with E-state index in [-0.39, 0.29) is 5.91 Å². The van der Waals surface area contributed by atoms with E-state index in [1.807, 2.05) is 6.07 Å². The van der Waals surface area contributed by atoms with Crippen molar-refractivity contribution < 1.29 is 4.79 Å². The van der Waals surface area contributed by atoms with Crippen LogP contribution in [0.1, 0.15) is 0 Å². The maximum atomic E-state index is 11.4. The highest BCUT2D eigenvalue weighted by molar-refractivity contribution is 6.01. The predicted molar refractivity (Wildman–Crippen MR) is 94.4 cm³/mol. The highest BCUT2D eigenvalue weighted by atomic mass is 16.2. The minimum absolute atomic E-state index is 0.0155. The summed E-state index contributed by atoms with van der Waals surface area (Å²) in [5, 5.41) is 6.07. The van der Waals surface area contributed by atoms with Crippen molar-refractivity contribution in [2.24, 2.45) is 0 Å². The van der Waals surface area contributed by atoms with E-state index in [0.29, 0.717) is 6.54 Å². The highest BCUT2D eigenvalue weighted by Gasteiger charge is 2.20. The molecule has 118 valence electrons. The molecule has 5 heteroatoms. The van der Waals surface area contributed by atoms with Crippen LogP contribution in [0.5, 0.6) is 0 Å². The Morgan fingerprint density at radius 1 is 0.783 bits per heavy atom. The van der Waals surface area contributed by atoms with Gasteiger partial charge < -0.3 is 20.4 Å². The Labute approximate surface area is 135 Å². The average Bonchev–Trinajstić information content (AvgIpc) is 2.62. The fourth-order valence-corrected chi connectivity index (χ4v) is 3.22. The number of fused-ring (bicyclic) bond motifs is 1. The third kappa shape index (κ3) is 2.82. The molecule has 2 N–H and O–H groups in total. The van der Waals surface area contributed by atoms with Crippen molar-refractivity contribution in [2.75, 3.05) is 53.2 Å². The number of benzene rings is 2. The van der Waals surface area contributed by atoms with E-state index in [9.17, 15) is 4.79 Å². The number of hydrogen-bond acceptors (Lipinski definition) is 4. The molecule has 0 spiro atoms. The van der Waals surface area contributed by atoms with E-state index in [1.165, 1.54) is 11.4 Å². The summed E-state index contributed by atoms with van der Waals surface area (Å²) in [6.07, 6.45) is 0. The van der Waals surface area contributed by atoms with Gasteiger partial charge in [0.1, 0.15) is 0 Å². The molecule has 0 radical (unpaired) electrons. The maximum absolute atomic E-state index is 11.4. The maximum Gasteiger partial charge on any atom is 0.243 e. The van der Waals surface area contributed by atoms with Gasteiger partial charge in [-0.15, -0.1) is 0 Å². The van der Waals surface area contributed by atoms with Gasteiger partial charge in [-0.1, -0.05) is 18.2 Å². The van der Waals surface area contributed by atoms with Gasteiger partial charge in [0.15, 0.2) is 0 Å². The zero-order valence-corrected chi connectivity index (χ0v) is 13.0. The van der Waals surface area contributed by atoms with Crippen LogP contribution in [-0.4, -0.2) is 38.6 Å². The molecule has 1 fully saturated rings. The van der Waals surface area contributed by atoms with Crippen LogP contribution in [0.4, 0.5) is 22.7 Å². The van der Waals surface area contributed by atoms with Crippen molar-refractivity contribution in [1.29, 1.82) is 0 Å². The van der Waals surface area contributed by atoms with Crippen molar-refractivity contribution in [3.63, 3.8) is 0 Å². The molecule has 2 aromatic rings. The Hall–Kier alpha value is -2.69. The van der Waals surface area contributed by atoms with Gasteiger partial charge in [-0.05, 0) is 30.3 Å². The Kier molecular flexibility index (Phi) is 3.54. The molecule has 23 heavy (non-hydrogen) atoms. The molecule has 2 aromatic carbocycles. The van der Waals surface area contributed by atoms with Crippen LogP contribution in [0, 0.1) is 0 Å². The monoisotopic (exact) mass is 308 g/mol. The van der Waals surface area contributed by atoms with Crippen LogP contribution in [0.25, 0.3) is 0 Å². The molecule has 4 rings (SSSR count). The van der Waals surface area contributed by atoms with Gasteiger partial charge in [-0.3, -0.25) is 4.79 Å². The number of hydrogen-bond donors (Lipinski definition) is 2. The third-order valence-electron chi connectivity index (χ3n) is 4.48. The molecule has 0 bridgehead atoms. The van der Waals surface area contributed by atoms with Crippen molar-refractivity contribution in [2.45, 2.75) is 0 Å². The zero-order valence-electron chi connectivity index (χ0n) is 13.0. The van der Waals surface area contributed by atoms with E-state index in [1.54, 1.807) is 0 Å². The Bertz CT molecular complexity index is 708. The van der Waals surface area contributed by atoms with Gasteiger partial charge in [-0.2, -0.15) is 0 Å². The Morgan fingerprint density at radius 3 is 2.22 bits per heavy atom. The normalized spacial score (nSPS) is 17.3. The second-order valence-electron chi connectivity index (χ2n) is 5.94. The fourth-order valence-electron chi connectivity index (χ4n) is 3.22. The molecule has 1 amide bonds. The third-order valence-corrected chi connectivity index (χ3v) is 4.48. The second kappa shape index (κ2) is 5.83. The second-order valence-corrected chi connectivity index (χ2v) is 5.94. The topological polar surface area (TPSA) is 47.6 Å². The minimum Gasteiger partial charge on any atom is -0.374 e. The average molecular weight is 308 g/mol. The number of nitrogens with zero attached hydrogens (tertiary/aromatic N) is 2. The minimum atomic E-state index is 0.0155. The molecular weight excluding hydrogens is 288 g/mol. The number of carbonyl (C=O) groups is 1. The number of anilines is 4. The first-order chi connectivity index (χ1) is 11.3. The zero-order chi connectivity index (χ0) is 15.6. The van der Waals surface area contributed by atoms with Gasteiger partial charge in [0.25, 0.3) is 0 Å². The van der Waals surface area contributed by atoms with Gasteiger partial charge in [-0.25, -0.2) is 0 Å². The van der Waals surface area contributed by atoms with Crippen LogP contribution in [0.15, 0.2) is 48.5 Å². The number of amides is 1. The lowest BCUT2D eigenvalue weighted by molar-refractivity contribution is -0.114. The molecule has 5 nitrogen and oxygen atoms in total.